The summed E-state index contributed by atoms with van der Waals surface area (Å²) >= 11 is -0.0360. The molecule has 0 amide bonds. The fourth-order valence-corrected chi connectivity index (χ4v) is 5.22. The van der Waals surface area contributed by atoms with E-state index in [4.69, 9.17) is 13.0 Å². The predicted molar refractivity (Wildman–Crippen MR) is 122 cm³/mol. The molecule has 0 N–H and O–H groups in total. The van der Waals surface area contributed by atoms with Gasteiger partial charge in [-0.1, -0.05) is 76.6 Å². The highest BCUT2D eigenvalue weighted by Crippen LogP contribution is 2.20. The molecule has 33 heavy (non-hydrogen) atoms. The summed E-state index contributed by atoms with van der Waals surface area (Å²) in [5.41, 5.74) is -2.63. The molecular formula is C25H34F3IO3S. The van der Waals surface area contributed by atoms with E-state index < -0.39 is 15.6 Å². The number of hydrogen-bond donors (Lipinski definition) is 0. The highest BCUT2D eigenvalue weighted by atomic mass is 127. The van der Waals surface area contributed by atoms with Crippen molar-refractivity contribution in [2.24, 2.45) is 0 Å². The lowest BCUT2D eigenvalue weighted by Gasteiger charge is -2.08. The summed E-state index contributed by atoms with van der Waals surface area (Å²) in [7, 11) is -6.09. The van der Waals surface area contributed by atoms with Gasteiger partial charge in [-0.05, 0) is 61.1 Å². The summed E-state index contributed by atoms with van der Waals surface area (Å²) in [6.45, 7) is 4.55. The van der Waals surface area contributed by atoms with E-state index in [-0.39, 0.29) is 21.2 Å². The molecule has 2 aromatic carbocycles. The van der Waals surface area contributed by atoms with E-state index in [1.807, 2.05) is 0 Å². The Hall–Kier alpha value is -1.13. The Morgan fingerprint density at radius 1 is 0.697 bits per heavy atom. The maximum Gasteiger partial charge on any atom is 0.485 e. The van der Waals surface area contributed by atoms with E-state index in [0.29, 0.717) is 0 Å². The molecular weight excluding hydrogens is 564 g/mol. The summed E-state index contributed by atoms with van der Waals surface area (Å²) in [4.78, 5) is 0. The van der Waals surface area contributed by atoms with Gasteiger partial charge < -0.3 is 4.55 Å². The quantitative estimate of drug-likeness (QED) is 0.160. The van der Waals surface area contributed by atoms with Crippen molar-refractivity contribution in [3.05, 3.63) is 66.8 Å². The maximum absolute atomic E-state index is 10.7. The molecule has 0 aliphatic rings. The molecule has 3 nitrogen and oxygen atoms in total. The van der Waals surface area contributed by atoms with Crippen LogP contribution in [0.25, 0.3) is 0 Å². The van der Waals surface area contributed by atoms with Gasteiger partial charge in [-0.15, -0.1) is 0 Å². The summed E-state index contributed by atoms with van der Waals surface area (Å²) in [6.07, 6.45) is 13.3. The highest BCUT2D eigenvalue weighted by molar-refractivity contribution is 7.86. The third kappa shape index (κ3) is 13.4. The van der Waals surface area contributed by atoms with Gasteiger partial charge in [0.1, 0.15) is 0 Å². The zero-order valence-corrected chi connectivity index (χ0v) is 22.3. The molecule has 0 aliphatic carbocycles. The van der Waals surface area contributed by atoms with Crippen LogP contribution in [0, 0.1) is 7.14 Å². The molecule has 2 rings (SSSR count). The van der Waals surface area contributed by atoms with Crippen LogP contribution in [0.5, 0.6) is 0 Å². The Morgan fingerprint density at radius 2 is 1.03 bits per heavy atom. The van der Waals surface area contributed by atoms with Crippen LogP contribution in [-0.2, 0) is 23.0 Å². The molecule has 2 aromatic rings. The molecule has 0 aromatic heterocycles. The first-order valence-corrected chi connectivity index (χ1v) is 15.0. The molecule has 0 bridgehead atoms. The maximum atomic E-state index is 10.7. The minimum atomic E-state index is -6.09. The van der Waals surface area contributed by atoms with Crippen LogP contribution in [0.3, 0.4) is 0 Å². The molecule has 8 heteroatoms. The van der Waals surface area contributed by atoms with Crippen molar-refractivity contribution in [3.8, 4) is 0 Å². The number of halogens is 4. The standard InChI is InChI=1S/C24H34I.CHF3O3S/c1-3-5-7-9-11-21-13-17-23(18-14-21)25-24-19-15-22(16-20-24)12-10-8-6-4-2;2-1(3,4)8(5,6)7/h13-20H,3-12H2,1-2H3;(H,5,6,7)/q+1;/p-1. The summed E-state index contributed by atoms with van der Waals surface area (Å²) < 4.78 is 62.0. The van der Waals surface area contributed by atoms with E-state index in [9.17, 15) is 13.2 Å². The largest absolute Gasteiger partial charge is 0.741 e. The molecule has 186 valence electrons. The van der Waals surface area contributed by atoms with Crippen molar-refractivity contribution in [1.82, 2.24) is 0 Å². The van der Waals surface area contributed by atoms with Crippen molar-refractivity contribution >= 4 is 10.1 Å². The number of hydrogen-bond acceptors (Lipinski definition) is 3. The van der Waals surface area contributed by atoms with E-state index in [2.05, 4.69) is 62.4 Å². The molecule has 0 saturated carbocycles. The van der Waals surface area contributed by atoms with Crippen molar-refractivity contribution < 1.29 is 47.3 Å². The first-order valence-electron chi connectivity index (χ1n) is 11.4. The van der Waals surface area contributed by atoms with Gasteiger partial charge in [0.05, 0.1) is 0 Å². The topological polar surface area (TPSA) is 57.2 Å². The minimum Gasteiger partial charge on any atom is -0.741 e. The third-order valence-electron chi connectivity index (χ3n) is 4.97. The van der Waals surface area contributed by atoms with Gasteiger partial charge in [-0.3, -0.25) is 0 Å². The Morgan fingerprint density at radius 3 is 1.30 bits per heavy atom. The molecule has 0 fully saturated rings. The van der Waals surface area contributed by atoms with Gasteiger partial charge >= 0.3 is 26.7 Å². The number of rotatable bonds is 12. The average molecular weight is 599 g/mol. The molecule has 0 saturated heterocycles. The second-order valence-corrected chi connectivity index (χ2v) is 12.3. The van der Waals surface area contributed by atoms with Crippen LogP contribution in [0.4, 0.5) is 13.2 Å². The van der Waals surface area contributed by atoms with Crippen LogP contribution >= 0.6 is 0 Å². The Labute approximate surface area is 207 Å². The Bertz CT molecular complexity index is 827. The lowest BCUT2D eigenvalue weighted by atomic mass is 10.1. The van der Waals surface area contributed by atoms with Gasteiger partial charge in [0.25, 0.3) is 0 Å². The van der Waals surface area contributed by atoms with Crippen LogP contribution in [0.1, 0.15) is 76.3 Å². The van der Waals surface area contributed by atoms with E-state index >= 15 is 0 Å². The number of alkyl halides is 3. The molecule has 0 heterocycles. The molecule has 0 unspecified atom stereocenters. The smallest absolute Gasteiger partial charge is 0.485 e. The Balaban J connectivity index is 0.000000582. The van der Waals surface area contributed by atoms with E-state index in [1.165, 1.54) is 82.5 Å². The van der Waals surface area contributed by atoms with Crippen LogP contribution in [0.15, 0.2) is 48.5 Å². The first kappa shape index (κ1) is 29.9. The normalized spacial score (nSPS) is 11.7. The van der Waals surface area contributed by atoms with Gasteiger partial charge in [-0.25, -0.2) is 8.42 Å². The third-order valence-corrected chi connectivity index (χ3v) is 8.22. The van der Waals surface area contributed by atoms with Crippen LogP contribution in [-0.4, -0.2) is 18.5 Å². The zero-order valence-electron chi connectivity index (χ0n) is 19.3. The van der Waals surface area contributed by atoms with Gasteiger partial charge in [0.15, 0.2) is 17.3 Å². The second kappa shape index (κ2) is 15.7. The number of aryl methyl sites for hydroxylation is 2. The molecule has 0 atom stereocenters. The highest BCUT2D eigenvalue weighted by Gasteiger charge is 2.36. The molecule has 0 aliphatic heterocycles. The summed E-state index contributed by atoms with van der Waals surface area (Å²) in [5, 5.41) is 0. The van der Waals surface area contributed by atoms with E-state index in [0.717, 1.165) is 0 Å². The lowest BCUT2D eigenvalue weighted by molar-refractivity contribution is -0.597. The van der Waals surface area contributed by atoms with Crippen LogP contribution in [0.2, 0.25) is 0 Å². The van der Waals surface area contributed by atoms with Crippen molar-refractivity contribution in [2.45, 2.75) is 83.6 Å². The zero-order chi connectivity index (χ0) is 24.7. The summed E-state index contributed by atoms with van der Waals surface area (Å²) in [6, 6.07) is 18.8. The second-order valence-electron chi connectivity index (χ2n) is 7.87. The van der Waals surface area contributed by atoms with Gasteiger partial charge in [0.2, 0.25) is 0 Å². The fraction of sp³-hybridized carbons (Fsp3) is 0.520. The lowest BCUT2D eigenvalue weighted by Crippen LogP contribution is -3.61. The molecule has 0 radical (unpaired) electrons. The SMILES string of the molecule is CCCCCCc1ccc([I+]c2ccc(CCCCCC)cc2)cc1.O=S(=O)([O-])C(F)(F)F. The minimum absolute atomic E-state index is 0.0360. The number of benzene rings is 2. The summed E-state index contributed by atoms with van der Waals surface area (Å²) in [5.74, 6) is 0. The van der Waals surface area contributed by atoms with Crippen molar-refractivity contribution in [1.29, 1.82) is 0 Å². The van der Waals surface area contributed by atoms with Crippen molar-refractivity contribution in [2.75, 3.05) is 0 Å². The van der Waals surface area contributed by atoms with Crippen LogP contribution < -0.4 is 21.2 Å². The van der Waals surface area contributed by atoms with Crippen molar-refractivity contribution in [3.63, 3.8) is 0 Å². The van der Waals surface area contributed by atoms with Gasteiger partial charge in [-0.2, -0.15) is 13.2 Å². The fourth-order valence-electron chi connectivity index (χ4n) is 3.07. The number of unbranched alkanes of at least 4 members (excludes halogenated alkanes) is 6. The monoisotopic (exact) mass is 598 g/mol. The van der Waals surface area contributed by atoms with E-state index in [1.54, 1.807) is 0 Å². The first-order chi connectivity index (χ1) is 15.6. The average Bonchev–Trinajstić information content (AvgIpc) is 2.76. The van der Waals surface area contributed by atoms with Gasteiger partial charge in [0, 0.05) is 0 Å². The molecule has 0 spiro atoms. The Kier molecular flexibility index (Phi) is 14.2. The predicted octanol–water partition coefficient (Wildman–Crippen LogP) is 4.11.